The molecule has 0 bridgehead atoms. The van der Waals surface area contributed by atoms with Crippen molar-refractivity contribution in [2.45, 2.75) is 26.8 Å². The highest BCUT2D eigenvalue weighted by Crippen LogP contribution is 2.30. The first-order valence-electron chi connectivity index (χ1n) is 8.54. The Morgan fingerprint density at radius 3 is 2.46 bits per heavy atom. The lowest BCUT2D eigenvalue weighted by atomic mass is 10.1. The number of nitrogens with zero attached hydrogens (tertiary/aromatic N) is 1. The first-order valence-corrected chi connectivity index (χ1v) is 8.95. The van der Waals surface area contributed by atoms with Crippen molar-refractivity contribution in [2.24, 2.45) is 0 Å². The van der Waals surface area contributed by atoms with Crippen LogP contribution in [0.1, 0.15) is 32.4 Å². The Hall–Kier alpha value is -2.54. The molecule has 1 aromatic heterocycles. The van der Waals surface area contributed by atoms with E-state index in [-0.39, 0.29) is 6.04 Å². The standard InChI is InChI=1S/C19H25N3O3S/c1-5-24-16-9-7-14(11-17(16)25-6-2)13(3)21-19(26)22-15-8-10-18(23-4)20-12-15/h7-13H,5-6H2,1-4H3,(H2,21,22,26)/t13-/m1/s1. The molecule has 6 nitrogen and oxygen atoms in total. The SMILES string of the molecule is CCOc1ccc([C@@H](C)NC(=S)Nc2ccc(OC)nc2)cc1OCC. The van der Waals surface area contributed by atoms with Crippen LogP contribution in [0.4, 0.5) is 5.69 Å². The fourth-order valence-electron chi connectivity index (χ4n) is 2.36. The maximum atomic E-state index is 5.68. The number of hydrogen-bond donors (Lipinski definition) is 2. The van der Waals surface area contributed by atoms with E-state index in [2.05, 4.69) is 15.6 Å². The molecule has 2 aromatic rings. The van der Waals surface area contributed by atoms with Crippen LogP contribution in [-0.2, 0) is 0 Å². The van der Waals surface area contributed by atoms with Gasteiger partial charge >= 0.3 is 0 Å². The molecule has 0 saturated carbocycles. The summed E-state index contributed by atoms with van der Waals surface area (Å²) in [5, 5.41) is 6.88. The second-order valence-corrected chi connectivity index (χ2v) is 5.89. The van der Waals surface area contributed by atoms with Crippen LogP contribution in [0.2, 0.25) is 0 Å². The van der Waals surface area contributed by atoms with Crippen molar-refractivity contribution in [1.82, 2.24) is 10.3 Å². The Morgan fingerprint density at radius 1 is 1.12 bits per heavy atom. The van der Waals surface area contributed by atoms with Gasteiger partial charge in [0.25, 0.3) is 0 Å². The molecular formula is C19H25N3O3S. The van der Waals surface area contributed by atoms with Crippen LogP contribution in [0.15, 0.2) is 36.5 Å². The average molecular weight is 375 g/mol. The lowest BCUT2D eigenvalue weighted by Gasteiger charge is -2.19. The normalized spacial score (nSPS) is 11.4. The lowest BCUT2D eigenvalue weighted by Crippen LogP contribution is -2.30. The van der Waals surface area contributed by atoms with Crippen LogP contribution < -0.4 is 24.8 Å². The molecule has 140 valence electrons. The van der Waals surface area contributed by atoms with E-state index in [4.69, 9.17) is 26.4 Å². The second-order valence-electron chi connectivity index (χ2n) is 5.48. The number of pyridine rings is 1. The summed E-state index contributed by atoms with van der Waals surface area (Å²) in [5.74, 6) is 2.04. The minimum atomic E-state index is -0.00362. The summed E-state index contributed by atoms with van der Waals surface area (Å²) < 4.78 is 16.3. The number of thiocarbonyl (C=S) groups is 1. The summed E-state index contributed by atoms with van der Waals surface area (Å²) in [6.07, 6.45) is 1.67. The van der Waals surface area contributed by atoms with E-state index in [1.165, 1.54) is 0 Å². The lowest BCUT2D eigenvalue weighted by molar-refractivity contribution is 0.287. The Morgan fingerprint density at radius 2 is 1.85 bits per heavy atom. The zero-order chi connectivity index (χ0) is 18.9. The Kier molecular flexibility index (Phi) is 7.47. The van der Waals surface area contributed by atoms with Gasteiger partial charge in [-0.15, -0.1) is 0 Å². The Labute approximate surface area is 159 Å². The van der Waals surface area contributed by atoms with Crippen molar-refractivity contribution in [2.75, 3.05) is 25.6 Å². The minimum Gasteiger partial charge on any atom is -0.490 e. The average Bonchev–Trinajstić information content (AvgIpc) is 2.64. The highest BCUT2D eigenvalue weighted by Gasteiger charge is 2.12. The molecule has 0 fully saturated rings. The molecule has 0 unspecified atom stereocenters. The Balaban J connectivity index is 2.02. The molecule has 0 aliphatic carbocycles. The number of rotatable bonds is 8. The van der Waals surface area contributed by atoms with Crippen molar-refractivity contribution >= 4 is 23.0 Å². The van der Waals surface area contributed by atoms with Crippen molar-refractivity contribution in [3.8, 4) is 17.4 Å². The van der Waals surface area contributed by atoms with E-state index >= 15 is 0 Å². The number of aromatic nitrogens is 1. The third-order valence-corrected chi connectivity index (χ3v) is 3.84. The molecule has 2 rings (SSSR count). The van der Waals surface area contributed by atoms with Crippen LogP contribution in [0.25, 0.3) is 0 Å². The van der Waals surface area contributed by atoms with Crippen LogP contribution in [0.5, 0.6) is 17.4 Å². The zero-order valence-electron chi connectivity index (χ0n) is 15.5. The predicted octanol–water partition coefficient (Wildman–Crippen LogP) is 3.94. The zero-order valence-corrected chi connectivity index (χ0v) is 16.4. The van der Waals surface area contributed by atoms with Gasteiger partial charge in [-0.1, -0.05) is 6.07 Å². The van der Waals surface area contributed by atoms with E-state index in [0.29, 0.717) is 24.2 Å². The maximum Gasteiger partial charge on any atom is 0.213 e. The number of benzene rings is 1. The molecule has 0 aliphatic heterocycles. The molecule has 0 spiro atoms. The van der Waals surface area contributed by atoms with Crippen LogP contribution in [-0.4, -0.2) is 30.4 Å². The third kappa shape index (κ3) is 5.49. The fourth-order valence-corrected chi connectivity index (χ4v) is 2.65. The van der Waals surface area contributed by atoms with Crippen molar-refractivity contribution in [1.29, 1.82) is 0 Å². The quantitative estimate of drug-likeness (QED) is 0.678. The monoisotopic (exact) mass is 375 g/mol. The summed E-state index contributed by atoms with van der Waals surface area (Å²) in [5.41, 5.74) is 1.84. The molecule has 0 amide bonds. The van der Waals surface area contributed by atoms with Gasteiger partial charge in [0, 0.05) is 6.07 Å². The van der Waals surface area contributed by atoms with Gasteiger partial charge < -0.3 is 24.8 Å². The van der Waals surface area contributed by atoms with Crippen molar-refractivity contribution in [3.63, 3.8) is 0 Å². The second kappa shape index (κ2) is 9.82. The number of anilines is 1. The van der Waals surface area contributed by atoms with Gasteiger partial charge in [-0.3, -0.25) is 0 Å². The summed E-state index contributed by atoms with van der Waals surface area (Å²) in [6.45, 7) is 7.11. The van der Waals surface area contributed by atoms with E-state index in [1.54, 1.807) is 19.4 Å². The van der Waals surface area contributed by atoms with Gasteiger partial charge in [-0.2, -0.15) is 0 Å². The third-order valence-electron chi connectivity index (χ3n) is 3.62. The summed E-state index contributed by atoms with van der Waals surface area (Å²) in [7, 11) is 1.58. The molecule has 0 aliphatic rings. The number of nitrogens with one attached hydrogen (secondary N) is 2. The maximum absolute atomic E-state index is 5.68. The van der Waals surface area contributed by atoms with Crippen molar-refractivity contribution in [3.05, 3.63) is 42.1 Å². The molecule has 1 aromatic carbocycles. The molecule has 1 heterocycles. The van der Waals surface area contributed by atoms with Gasteiger partial charge in [0.2, 0.25) is 5.88 Å². The highest BCUT2D eigenvalue weighted by atomic mass is 32.1. The molecule has 0 saturated heterocycles. The molecule has 1 atom stereocenters. The van der Waals surface area contributed by atoms with Gasteiger partial charge in [-0.05, 0) is 56.8 Å². The first kappa shape index (κ1) is 19.8. The predicted molar refractivity (Wildman–Crippen MR) is 107 cm³/mol. The largest absolute Gasteiger partial charge is 0.490 e. The van der Waals surface area contributed by atoms with E-state index < -0.39 is 0 Å². The smallest absolute Gasteiger partial charge is 0.213 e. The van der Waals surface area contributed by atoms with Gasteiger partial charge in [-0.25, -0.2) is 4.98 Å². The first-order chi connectivity index (χ1) is 12.6. The number of hydrogen-bond acceptors (Lipinski definition) is 5. The van der Waals surface area contributed by atoms with E-state index in [0.717, 1.165) is 22.7 Å². The van der Waals surface area contributed by atoms with Gasteiger partial charge in [0.1, 0.15) is 0 Å². The van der Waals surface area contributed by atoms with Crippen LogP contribution in [0, 0.1) is 0 Å². The molecule has 2 N–H and O–H groups in total. The van der Waals surface area contributed by atoms with E-state index in [1.807, 2.05) is 45.0 Å². The van der Waals surface area contributed by atoms with Gasteiger partial charge in [0.05, 0.1) is 38.2 Å². The summed E-state index contributed by atoms with van der Waals surface area (Å²) >= 11 is 5.39. The number of methoxy groups -OCH3 is 1. The van der Waals surface area contributed by atoms with E-state index in [9.17, 15) is 0 Å². The van der Waals surface area contributed by atoms with Crippen LogP contribution in [0.3, 0.4) is 0 Å². The Bertz CT molecular complexity index is 722. The highest BCUT2D eigenvalue weighted by molar-refractivity contribution is 7.80. The summed E-state index contributed by atoms with van der Waals surface area (Å²) in [4.78, 5) is 4.14. The molecule has 26 heavy (non-hydrogen) atoms. The molecule has 0 radical (unpaired) electrons. The molecular weight excluding hydrogens is 350 g/mol. The minimum absolute atomic E-state index is 0.00362. The van der Waals surface area contributed by atoms with Crippen LogP contribution >= 0.6 is 12.2 Å². The fraction of sp³-hybridized carbons (Fsp3) is 0.368. The van der Waals surface area contributed by atoms with Crippen molar-refractivity contribution < 1.29 is 14.2 Å². The molecule has 7 heteroatoms. The summed E-state index contributed by atoms with van der Waals surface area (Å²) in [6, 6.07) is 9.53. The van der Waals surface area contributed by atoms with Gasteiger partial charge in [0.15, 0.2) is 16.6 Å². The number of ether oxygens (including phenoxy) is 3. The topological polar surface area (TPSA) is 64.6 Å².